The van der Waals surface area contributed by atoms with Crippen molar-refractivity contribution in [3.05, 3.63) is 59.9 Å². The lowest BCUT2D eigenvalue weighted by Crippen LogP contribution is -2.29. The second-order valence-electron chi connectivity index (χ2n) is 6.25. The summed E-state index contributed by atoms with van der Waals surface area (Å²) < 4.78 is 7.54. The molecular weight excluding hydrogens is 330 g/mol. The second kappa shape index (κ2) is 6.59. The molecule has 4 heterocycles. The van der Waals surface area contributed by atoms with Gasteiger partial charge < -0.3 is 9.73 Å². The molecule has 4 rings (SSSR count). The van der Waals surface area contributed by atoms with E-state index in [9.17, 15) is 4.79 Å². The van der Waals surface area contributed by atoms with E-state index in [2.05, 4.69) is 27.4 Å². The number of nitrogens with zero attached hydrogens (tertiary/aromatic N) is 4. The molecule has 0 unspecified atom stereocenters. The molecule has 0 aliphatic rings. The van der Waals surface area contributed by atoms with E-state index >= 15 is 0 Å². The molecule has 1 N–H and O–H groups in total. The smallest absolute Gasteiger partial charge is 0.287 e. The predicted molar refractivity (Wildman–Crippen MR) is 96.8 cm³/mol. The van der Waals surface area contributed by atoms with Crippen LogP contribution in [0.1, 0.15) is 47.9 Å². The Morgan fingerprint density at radius 3 is 3.00 bits per heavy atom. The van der Waals surface area contributed by atoms with E-state index in [1.54, 1.807) is 6.07 Å². The van der Waals surface area contributed by atoms with Crippen molar-refractivity contribution in [2.24, 2.45) is 0 Å². The van der Waals surface area contributed by atoms with Gasteiger partial charge in [0.2, 0.25) is 0 Å². The fourth-order valence-electron chi connectivity index (χ4n) is 3.02. The molecule has 0 spiro atoms. The SMILES string of the molecule is CCC[C@@H](NC(=O)c1cc2nc(C)ccc2o1)c1nnc2ccccn12. The fraction of sp³-hybridized carbons (Fsp3) is 0.263. The Labute approximate surface area is 150 Å². The Hall–Kier alpha value is -3.22. The molecule has 0 aromatic carbocycles. The number of aryl methyl sites for hydroxylation is 1. The van der Waals surface area contributed by atoms with Crippen molar-refractivity contribution >= 4 is 22.7 Å². The molecule has 7 nitrogen and oxygen atoms in total. The second-order valence-corrected chi connectivity index (χ2v) is 6.25. The zero-order valence-electron chi connectivity index (χ0n) is 14.6. The van der Waals surface area contributed by atoms with Gasteiger partial charge in [-0.2, -0.15) is 0 Å². The lowest BCUT2D eigenvalue weighted by molar-refractivity contribution is 0.0906. The zero-order chi connectivity index (χ0) is 18.1. The highest BCUT2D eigenvalue weighted by Crippen LogP contribution is 2.21. The molecule has 1 amide bonds. The summed E-state index contributed by atoms with van der Waals surface area (Å²) in [6.07, 6.45) is 3.54. The van der Waals surface area contributed by atoms with Crippen LogP contribution in [-0.2, 0) is 0 Å². The molecule has 26 heavy (non-hydrogen) atoms. The van der Waals surface area contributed by atoms with Crippen LogP contribution in [0, 0.1) is 6.92 Å². The highest BCUT2D eigenvalue weighted by Gasteiger charge is 2.22. The van der Waals surface area contributed by atoms with Crippen molar-refractivity contribution in [3.8, 4) is 0 Å². The molecule has 0 saturated carbocycles. The molecule has 7 heteroatoms. The molecule has 4 aromatic heterocycles. The summed E-state index contributed by atoms with van der Waals surface area (Å²) in [7, 11) is 0. The van der Waals surface area contributed by atoms with Gasteiger partial charge in [0.1, 0.15) is 5.52 Å². The number of hydrogen-bond donors (Lipinski definition) is 1. The first-order valence-electron chi connectivity index (χ1n) is 8.63. The number of carbonyl (C=O) groups excluding carboxylic acids is 1. The first-order valence-corrected chi connectivity index (χ1v) is 8.63. The fourth-order valence-corrected chi connectivity index (χ4v) is 3.02. The third kappa shape index (κ3) is 2.92. The van der Waals surface area contributed by atoms with Gasteiger partial charge in [-0.1, -0.05) is 19.4 Å². The Morgan fingerprint density at radius 1 is 1.27 bits per heavy atom. The van der Waals surface area contributed by atoms with Crippen LogP contribution in [0.2, 0.25) is 0 Å². The van der Waals surface area contributed by atoms with E-state index in [1.807, 2.05) is 47.9 Å². The summed E-state index contributed by atoms with van der Waals surface area (Å²) in [5.74, 6) is 0.667. The van der Waals surface area contributed by atoms with E-state index < -0.39 is 0 Å². The van der Waals surface area contributed by atoms with E-state index in [1.165, 1.54) is 0 Å². The zero-order valence-corrected chi connectivity index (χ0v) is 14.6. The quantitative estimate of drug-likeness (QED) is 0.596. The molecule has 0 fully saturated rings. The Balaban J connectivity index is 1.64. The summed E-state index contributed by atoms with van der Waals surface area (Å²) in [5, 5.41) is 11.5. The van der Waals surface area contributed by atoms with Crippen molar-refractivity contribution in [2.45, 2.75) is 32.7 Å². The number of fused-ring (bicyclic) bond motifs is 2. The Morgan fingerprint density at radius 2 is 2.15 bits per heavy atom. The molecular formula is C19H19N5O2. The maximum atomic E-state index is 12.7. The predicted octanol–water partition coefficient (Wildman–Crippen LogP) is 3.45. The van der Waals surface area contributed by atoms with E-state index in [-0.39, 0.29) is 17.7 Å². The van der Waals surface area contributed by atoms with Crippen LogP contribution in [-0.4, -0.2) is 25.5 Å². The van der Waals surface area contributed by atoms with Crippen molar-refractivity contribution in [2.75, 3.05) is 0 Å². The third-order valence-corrected chi connectivity index (χ3v) is 4.27. The lowest BCUT2D eigenvalue weighted by atomic mass is 10.1. The summed E-state index contributed by atoms with van der Waals surface area (Å²) in [4.78, 5) is 17.1. The monoisotopic (exact) mass is 349 g/mol. The van der Waals surface area contributed by atoms with Gasteiger partial charge in [-0.05, 0) is 37.6 Å². The van der Waals surface area contributed by atoms with Gasteiger partial charge in [-0.15, -0.1) is 10.2 Å². The number of nitrogens with one attached hydrogen (secondary N) is 1. The van der Waals surface area contributed by atoms with Crippen LogP contribution in [0.4, 0.5) is 0 Å². The van der Waals surface area contributed by atoms with E-state index in [0.717, 1.165) is 24.2 Å². The van der Waals surface area contributed by atoms with E-state index in [0.29, 0.717) is 16.9 Å². The summed E-state index contributed by atoms with van der Waals surface area (Å²) in [6.45, 7) is 3.97. The first-order chi connectivity index (χ1) is 12.7. The van der Waals surface area contributed by atoms with Gasteiger partial charge in [0.05, 0.1) is 6.04 Å². The normalized spacial score (nSPS) is 12.5. The van der Waals surface area contributed by atoms with Crippen LogP contribution in [0.3, 0.4) is 0 Å². The van der Waals surface area contributed by atoms with Crippen molar-refractivity contribution < 1.29 is 9.21 Å². The molecule has 1 atom stereocenters. The van der Waals surface area contributed by atoms with Crippen molar-refractivity contribution in [1.29, 1.82) is 0 Å². The largest absolute Gasteiger partial charge is 0.449 e. The Kier molecular flexibility index (Phi) is 4.12. The maximum absolute atomic E-state index is 12.7. The van der Waals surface area contributed by atoms with Gasteiger partial charge in [0.15, 0.2) is 22.8 Å². The van der Waals surface area contributed by atoms with Crippen LogP contribution in [0.15, 0.2) is 47.0 Å². The molecule has 0 radical (unpaired) electrons. The van der Waals surface area contributed by atoms with Crippen LogP contribution >= 0.6 is 0 Å². The third-order valence-electron chi connectivity index (χ3n) is 4.27. The summed E-state index contributed by atoms with van der Waals surface area (Å²) >= 11 is 0. The minimum atomic E-state index is -0.285. The summed E-state index contributed by atoms with van der Waals surface area (Å²) in [6, 6.07) is 10.8. The van der Waals surface area contributed by atoms with Crippen LogP contribution in [0.25, 0.3) is 16.7 Å². The van der Waals surface area contributed by atoms with E-state index in [4.69, 9.17) is 4.42 Å². The number of rotatable bonds is 5. The number of furan rings is 1. The minimum Gasteiger partial charge on any atom is -0.449 e. The van der Waals surface area contributed by atoms with Gasteiger partial charge in [-0.25, -0.2) is 4.98 Å². The minimum absolute atomic E-state index is 0.244. The number of pyridine rings is 2. The molecule has 0 saturated heterocycles. The summed E-state index contributed by atoms with van der Waals surface area (Å²) in [5.41, 5.74) is 2.90. The number of amides is 1. The molecule has 0 aliphatic carbocycles. The van der Waals surface area contributed by atoms with Gasteiger partial charge in [0.25, 0.3) is 5.91 Å². The van der Waals surface area contributed by atoms with Gasteiger partial charge >= 0.3 is 0 Å². The average Bonchev–Trinajstić information content (AvgIpc) is 3.25. The van der Waals surface area contributed by atoms with Crippen molar-refractivity contribution in [1.82, 2.24) is 24.9 Å². The first kappa shape index (κ1) is 16.3. The van der Waals surface area contributed by atoms with Crippen LogP contribution in [0.5, 0.6) is 0 Å². The average molecular weight is 349 g/mol. The number of hydrogen-bond acceptors (Lipinski definition) is 5. The maximum Gasteiger partial charge on any atom is 0.287 e. The molecule has 0 aliphatic heterocycles. The Bertz CT molecular complexity index is 1080. The van der Waals surface area contributed by atoms with Crippen LogP contribution < -0.4 is 5.32 Å². The standard InChI is InChI=1S/C19H19N5O2/c1-3-6-13(18-23-22-17-7-4-5-10-24(17)18)21-19(25)16-11-14-15(26-16)9-8-12(2)20-14/h4-5,7-11,13H,3,6H2,1-2H3,(H,21,25)/t13-/m1/s1. The van der Waals surface area contributed by atoms with Gasteiger partial charge in [-0.3, -0.25) is 9.20 Å². The highest BCUT2D eigenvalue weighted by atomic mass is 16.3. The number of aromatic nitrogens is 4. The molecule has 132 valence electrons. The number of carbonyl (C=O) groups is 1. The molecule has 0 bridgehead atoms. The van der Waals surface area contributed by atoms with Gasteiger partial charge in [0, 0.05) is 18.0 Å². The topological polar surface area (TPSA) is 85.3 Å². The lowest BCUT2D eigenvalue weighted by Gasteiger charge is -2.15. The van der Waals surface area contributed by atoms with Crippen molar-refractivity contribution in [3.63, 3.8) is 0 Å². The molecule has 4 aromatic rings. The highest BCUT2D eigenvalue weighted by molar-refractivity contribution is 5.95.